The Morgan fingerprint density at radius 3 is 3.00 bits per heavy atom. The predicted octanol–water partition coefficient (Wildman–Crippen LogP) is 2.66. The van der Waals surface area contributed by atoms with Crippen LogP contribution in [0.4, 0.5) is 0 Å². The lowest BCUT2D eigenvalue weighted by molar-refractivity contribution is 0.400. The van der Waals surface area contributed by atoms with Gasteiger partial charge in [0.25, 0.3) is 0 Å². The molecule has 2 rings (SSSR count). The number of fused-ring (bicyclic) bond motifs is 1. The summed E-state index contributed by atoms with van der Waals surface area (Å²) in [6.45, 7) is 3.21. The molecule has 1 N–H and O–H groups in total. The summed E-state index contributed by atoms with van der Waals surface area (Å²) < 4.78 is 6.47. The fraction of sp³-hybridized carbons (Fsp3) is 0.455. The minimum atomic E-state index is 0.431. The van der Waals surface area contributed by atoms with E-state index < -0.39 is 0 Å². The summed E-state index contributed by atoms with van der Waals surface area (Å²) in [6, 6.07) is 4.65. The molecule has 0 saturated heterocycles. The van der Waals surface area contributed by atoms with E-state index in [4.69, 9.17) is 4.74 Å². The zero-order valence-corrected chi connectivity index (χ0v) is 10.0. The van der Waals surface area contributed by atoms with Crippen molar-refractivity contribution in [3.8, 4) is 5.75 Å². The molecule has 0 aliphatic carbocycles. The van der Waals surface area contributed by atoms with Gasteiger partial charge in [-0.25, -0.2) is 0 Å². The van der Waals surface area contributed by atoms with Gasteiger partial charge in [-0.1, -0.05) is 6.07 Å². The summed E-state index contributed by atoms with van der Waals surface area (Å²) >= 11 is 3.51. The van der Waals surface area contributed by atoms with Gasteiger partial charge in [0, 0.05) is 11.6 Å². The molecule has 0 bridgehead atoms. The third kappa shape index (κ3) is 1.55. The Morgan fingerprint density at radius 2 is 2.29 bits per heavy atom. The van der Waals surface area contributed by atoms with Crippen LogP contribution in [0.2, 0.25) is 0 Å². The molecule has 0 fully saturated rings. The number of nitrogens with one attached hydrogen (secondary N) is 1. The highest BCUT2D eigenvalue weighted by Crippen LogP contribution is 2.35. The van der Waals surface area contributed by atoms with Gasteiger partial charge in [0.05, 0.1) is 11.6 Å². The fourth-order valence-electron chi connectivity index (χ4n) is 2.02. The second-order valence-corrected chi connectivity index (χ2v) is 4.43. The summed E-state index contributed by atoms with van der Waals surface area (Å²) in [5.41, 5.74) is 2.70. The second kappa shape index (κ2) is 3.91. The highest BCUT2D eigenvalue weighted by molar-refractivity contribution is 9.10. The van der Waals surface area contributed by atoms with Crippen LogP contribution in [0.15, 0.2) is 16.6 Å². The third-order valence-electron chi connectivity index (χ3n) is 2.74. The molecule has 1 atom stereocenters. The molecule has 76 valence electrons. The SMILES string of the molecule is COc1c(Br)ccc2c1CCNC2C. The van der Waals surface area contributed by atoms with E-state index in [0.29, 0.717) is 6.04 Å². The van der Waals surface area contributed by atoms with Gasteiger partial charge < -0.3 is 10.1 Å². The van der Waals surface area contributed by atoms with Crippen LogP contribution in [0, 0.1) is 0 Å². The Balaban J connectivity index is 2.55. The van der Waals surface area contributed by atoms with Crippen LogP contribution in [0.1, 0.15) is 24.1 Å². The molecule has 1 aromatic carbocycles. The molecule has 0 spiro atoms. The van der Waals surface area contributed by atoms with Gasteiger partial charge in [0.1, 0.15) is 5.75 Å². The van der Waals surface area contributed by atoms with Crippen molar-refractivity contribution >= 4 is 15.9 Å². The smallest absolute Gasteiger partial charge is 0.136 e. The second-order valence-electron chi connectivity index (χ2n) is 3.57. The van der Waals surface area contributed by atoms with Crippen LogP contribution < -0.4 is 10.1 Å². The first kappa shape index (κ1) is 9.99. The van der Waals surface area contributed by atoms with E-state index in [1.807, 2.05) is 0 Å². The van der Waals surface area contributed by atoms with Crippen LogP contribution in [-0.4, -0.2) is 13.7 Å². The Kier molecular flexibility index (Phi) is 2.79. The zero-order valence-electron chi connectivity index (χ0n) is 8.43. The maximum Gasteiger partial charge on any atom is 0.136 e. The molecule has 0 radical (unpaired) electrons. The van der Waals surface area contributed by atoms with Crippen molar-refractivity contribution in [1.82, 2.24) is 5.32 Å². The minimum absolute atomic E-state index is 0.431. The Bertz CT molecular complexity index is 351. The summed E-state index contributed by atoms with van der Waals surface area (Å²) in [5, 5.41) is 3.44. The van der Waals surface area contributed by atoms with Crippen molar-refractivity contribution in [2.75, 3.05) is 13.7 Å². The number of hydrogen-bond donors (Lipinski definition) is 1. The molecule has 1 aliphatic heterocycles. The van der Waals surface area contributed by atoms with Gasteiger partial charge >= 0.3 is 0 Å². The van der Waals surface area contributed by atoms with E-state index in [1.165, 1.54) is 11.1 Å². The number of benzene rings is 1. The van der Waals surface area contributed by atoms with Gasteiger partial charge in [0.15, 0.2) is 0 Å². The molecule has 0 aromatic heterocycles. The first-order chi connectivity index (χ1) is 6.74. The van der Waals surface area contributed by atoms with E-state index in [2.05, 4.69) is 40.3 Å². The van der Waals surface area contributed by atoms with Gasteiger partial charge in [-0.3, -0.25) is 0 Å². The topological polar surface area (TPSA) is 21.3 Å². The molecule has 0 saturated carbocycles. The van der Waals surface area contributed by atoms with Gasteiger partial charge in [-0.2, -0.15) is 0 Å². The van der Waals surface area contributed by atoms with Crippen LogP contribution in [0.3, 0.4) is 0 Å². The van der Waals surface area contributed by atoms with E-state index >= 15 is 0 Å². The molecular formula is C11H14BrNO. The molecule has 2 nitrogen and oxygen atoms in total. The van der Waals surface area contributed by atoms with Crippen LogP contribution in [0.5, 0.6) is 5.75 Å². The molecule has 14 heavy (non-hydrogen) atoms. The molecule has 0 amide bonds. The van der Waals surface area contributed by atoms with Crippen molar-refractivity contribution in [3.63, 3.8) is 0 Å². The molecular weight excluding hydrogens is 242 g/mol. The van der Waals surface area contributed by atoms with E-state index in [0.717, 1.165) is 23.2 Å². The maximum absolute atomic E-state index is 5.42. The van der Waals surface area contributed by atoms with Crippen molar-refractivity contribution in [1.29, 1.82) is 0 Å². The number of methoxy groups -OCH3 is 1. The number of hydrogen-bond acceptors (Lipinski definition) is 2. The van der Waals surface area contributed by atoms with Gasteiger partial charge in [-0.05, 0) is 47.4 Å². The molecule has 1 aliphatic rings. The first-order valence-electron chi connectivity index (χ1n) is 4.82. The first-order valence-corrected chi connectivity index (χ1v) is 5.62. The lowest BCUT2D eigenvalue weighted by Gasteiger charge is -2.25. The van der Waals surface area contributed by atoms with Crippen molar-refractivity contribution in [3.05, 3.63) is 27.7 Å². The van der Waals surface area contributed by atoms with Gasteiger partial charge in [0.2, 0.25) is 0 Å². The average Bonchev–Trinajstić information content (AvgIpc) is 2.18. The van der Waals surface area contributed by atoms with Crippen molar-refractivity contribution in [2.45, 2.75) is 19.4 Å². The summed E-state index contributed by atoms with van der Waals surface area (Å²) in [7, 11) is 1.73. The summed E-state index contributed by atoms with van der Waals surface area (Å²) in [6.07, 6.45) is 1.04. The van der Waals surface area contributed by atoms with Crippen LogP contribution >= 0.6 is 15.9 Å². The third-order valence-corrected chi connectivity index (χ3v) is 3.37. The molecule has 1 unspecified atom stereocenters. The zero-order chi connectivity index (χ0) is 10.1. The van der Waals surface area contributed by atoms with Crippen molar-refractivity contribution in [2.24, 2.45) is 0 Å². The standard InChI is InChI=1S/C11H14BrNO/c1-7-8-3-4-10(12)11(14-2)9(8)5-6-13-7/h3-4,7,13H,5-6H2,1-2H3. The summed E-state index contributed by atoms with van der Waals surface area (Å²) in [4.78, 5) is 0. The summed E-state index contributed by atoms with van der Waals surface area (Å²) in [5.74, 6) is 0.996. The van der Waals surface area contributed by atoms with E-state index in [9.17, 15) is 0 Å². The molecule has 3 heteroatoms. The fourth-order valence-corrected chi connectivity index (χ4v) is 2.56. The van der Waals surface area contributed by atoms with Crippen LogP contribution in [-0.2, 0) is 6.42 Å². The normalized spacial score (nSPS) is 20.4. The number of ether oxygens (including phenoxy) is 1. The maximum atomic E-state index is 5.42. The van der Waals surface area contributed by atoms with E-state index in [-0.39, 0.29) is 0 Å². The Labute approximate surface area is 92.8 Å². The lowest BCUT2D eigenvalue weighted by Crippen LogP contribution is -2.28. The average molecular weight is 256 g/mol. The highest BCUT2D eigenvalue weighted by Gasteiger charge is 2.20. The van der Waals surface area contributed by atoms with Crippen molar-refractivity contribution < 1.29 is 4.74 Å². The minimum Gasteiger partial charge on any atom is -0.495 e. The lowest BCUT2D eigenvalue weighted by atomic mass is 9.94. The highest BCUT2D eigenvalue weighted by atomic mass is 79.9. The number of rotatable bonds is 1. The monoisotopic (exact) mass is 255 g/mol. The quantitative estimate of drug-likeness (QED) is 0.834. The Hall–Kier alpha value is -0.540. The Morgan fingerprint density at radius 1 is 1.50 bits per heavy atom. The molecule has 1 aromatic rings. The van der Waals surface area contributed by atoms with Crippen LogP contribution in [0.25, 0.3) is 0 Å². The molecule has 1 heterocycles. The van der Waals surface area contributed by atoms with Gasteiger partial charge in [-0.15, -0.1) is 0 Å². The number of halogens is 1. The van der Waals surface area contributed by atoms with E-state index in [1.54, 1.807) is 7.11 Å². The predicted molar refractivity (Wildman–Crippen MR) is 60.8 cm³/mol. The largest absolute Gasteiger partial charge is 0.495 e.